The van der Waals surface area contributed by atoms with Crippen LogP contribution >= 0.6 is 11.3 Å². The number of amides is 1. The van der Waals surface area contributed by atoms with Gasteiger partial charge in [0.25, 0.3) is 0 Å². The summed E-state index contributed by atoms with van der Waals surface area (Å²) >= 11 is 1.68. The first-order valence-electron chi connectivity index (χ1n) is 9.48. The third-order valence-corrected chi connectivity index (χ3v) is 6.27. The molecular weight excluding hydrogens is 358 g/mol. The van der Waals surface area contributed by atoms with Gasteiger partial charge in [-0.05, 0) is 42.0 Å². The number of rotatable bonds is 5. The summed E-state index contributed by atoms with van der Waals surface area (Å²) in [5, 5.41) is 5.02. The van der Waals surface area contributed by atoms with Crippen LogP contribution in [-0.2, 0) is 9.59 Å². The Bertz CT molecular complexity index is 867. The zero-order chi connectivity index (χ0) is 18.8. The topological polar surface area (TPSA) is 55.4 Å². The molecule has 4 nitrogen and oxygen atoms in total. The molecule has 0 saturated heterocycles. The first kappa shape index (κ1) is 18.0. The summed E-state index contributed by atoms with van der Waals surface area (Å²) in [6.07, 6.45) is 2.52. The molecule has 2 aliphatic rings. The number of allylic oxidation sites excluding steroid dienone is 2. The number of ether oxygens (including phenoxy) is 1. The summed E-state index contributed by atoms with van der Waals surface area (Å²) in [4.78, 5) is 26.5. The van der Waals surface area contributed by atoms with Gasteiger partial charge in [0.05, 0.1) is 6.61 Å². The molecule has 4 rings (SSSR count). The van der Waals surface area contributed by atoms with E-state index in [9.17, 15) is 9.59 Å². The molecule has 0 saturated carbocycles. The lowest BCUT2D eigenvalue weighted by Gasteiger charge is -2.34. The van der Waals surface area contributed by atoms with Crippen LogP contribution in [0, 0.1) is 0 Å². The Morgan fingerprint density at radius 3 is 2.63 bits per heavy atom. The van der Waals surface area contributed by atoms with Gasteiger partial charge in [-0.3, -0.25) is 9.59 Å². The van der Waals surface area contributed by atoms with Crippen LogP contribution in [-0.4, -0.2) is 18.3 Å². The fraction of sp³-hybridized carbons (Fsp3) is 0.364. The van der Waals surface area contributed by atoms with Crippen molar-refractivity contribution in [3.63, 3.8) is 0 Å². The van der Waals surface area contributed by atoms with Crippen molar-refractivity contribution >= 4 is 23.0 Å². The van der Waals surface area contributed by atoms with Crippen LogP contribution in [0.3, 0.4) is 0 Å². The van der Waals surface area contributed by atoms with Crippen LogP contribution in [0.1, 0.15) is 54.9 Å². The zero-order valence-corrected chi connectivity index (χ0v) is 16.2. The summed E-state index contributed by atoms with van der Waals surface area (Å²) in [5.74, 6) is 0.976. The third kappa shape index (κ3) is 3.69. The fourth-order valence-electron chi connectivity index (χ4n) is 3.99. The van der Waals surface area contributed by atoms with Crippen molar-refractivity contribution in [3.8, 4) is 5.75 Å². The Kier molecular flexibility index (Phi) is 5.12. The summed E-state index contributed by atoms with van der Waals surface area (Å²) in [6, 6.07) is 11.9. The summed E-state index contributed by atoms with van der Waals surface area (Å²) in [5.41, 5.74) is 2.62. The molecule has 2 heterocycles. The fourth-order valence-corrected chi connectivity index (χ4v) is 4.82. The van der Waals surface area contributed by atoms with E-state index in [1.807, 2.05) is 35.7 Å². The highest BCUT2D eigenvalue weighted by molar-refractivity contribution is 7.10. The largest absolute Gasteiger partial charge is 0.494 e. The molecule has 1 aromatic heterocycles. The molecule has 0 spiro atoms. The van der Waals surface area contributed by atoms with E-state index in [0.29, 0.717) is 19.4 Å². The molecule has 1 aliphatic carbocycles. The van der Waals surface area contributed by atoms with E-state index in [4.69, 9.17) is 4.74 Å². The monoisotopic (exact) mass is 381 g/mol. The number of ketones is 1. The molecule has 0 unspecified atom stereocenters. The van der Waals surface area contributed by atoms with Gasteiger partial charge in [0.1, 0.15) is 5.75 Å². The quantitative estimate of drug-likeness (QED) is 0.827. The molecule has 1 N–H and O–H groups in total. The number of Topliss-reactive ketones (excluding diaryl/α,β-unsaturated/α-hetero) is 1. The van der Waals surface area contributed by atoms with Gasteiger partial charge in [0.15, 0.2) is 5.78 Å². The summed E-state index contributed by atoms with van der Waals surface area (Å²) in [7, 11) is 0. The highest BCUT2D eigenvalue weighted by Gasteiger charge is 2.38. The molecule has 27 heavy (non-hydrogen) atoms. The van der Waals surface area contributed by atoms with E-state index in [1.54, 1.807) is 11.3 Å². The van der Waals surface area contributed by atoms with Gasteiger partial charge in [-0.1, -0.05) is 25.1 Å². The van der Waals surface area contributed by atoms with Crippen molar-refractivity contribution in [3.05, 3.63) is 63.5 Å². The molecule has 0 bridgehead atoms. The van der Waals surface area contributed by atoms with Gasteiger partial charge in [0.2, 0.25) is 5.91 Å². The number of carbonyl (C=O) groups excluding carboxylic acids is 2. The van der Waals surface area contributed by atoms with E-state index >= 15 is 0 Å². The minimum atomic E-state index is -0.161. The van der Waals surface area contributed by atoms with Crippen molar-refractivity contribution in [2.75, 3.05) is 6.61 Å². The second-order valence-electron chi connectivity index (χ2n) is 7.16. The maximum absolute atomic E-state index is 13.0. The highest BCUT2D eigenvalue weighted by atomic mass is 32.1. The maximum Gasteiger partial charge on any atom is 0.225 e. The Morgan fingerprint density at radius 1 is 1.11 bits per heavy atom. The second kappa shape index (κ2) is 7.69. The number of thiophene rings is 1. The lowest BCUT2D eigenvalue weighted by atomic mass is 9.75. The van der Waals surface area contributed by atoms with Crippen LogP contribution in [0.4, 0.5) is 0 Å². The van der Waals surface area contributed by atoms with Crippen LogP contribution in [0.5, 0.6) is 5.75 Å². The Morgan fingerprint density at radius 2 is 1.93 bits per heavy atom. The SMILES string of the molecule is CCCOc1ccc([C@H]2CC(=O)NC3=C2C(=O)C[C@@H](c2cccs2)C3)cc1. The van der Waals surface area contributed by atoms with Gasteiger partial charge >= 0.3 is 0 Å². The Labute approximate surface area is 163 Å². The number of hydrogen-bond acceptors (Lipinski definition) is 4. The molecule has 2 atom stereocenters. The molecule has 1 aliphatic heterocycles. The van der Waals surface area contributed by atoms with Crippen molar-refractivity contribution in [1.29, 1.82) is 0 Å². The number of benzene rings is 1. The summed E-state index contributed by atoms with van der Waals surface area (Å²) in [6.45, 7) is 2.75. The maximum atomic E-state index is 13.0. The molecular formula is C22H23NO3S. The second-order valence-corrected chi connectivity index (χ2v) is 8.14. The predicted octanol–water partition coefficient (Wildman–Crippen LogP) is 4.54. The van der Waals surface area contributed by atoms with E-state index in [1.165, 1.54) is 4.88 Å². The lowest BCUT2D eigenvalue weighted by Crippen LogP contribution is -2.38. The third-order valence-electron chi connectivity index (χ3n) is 5.24. The van der Waals surface area contributed by atoms with Crippen LogP contribution < -0.4 is 10.1 Å². The van der Waals surface area contributed by atoms with E-state index in [-0.39, 0.29) is 23.5 Å². The van der Waals surface area contributed by atoms with Crippen LogP contribution in [0.25, 0.3) is 0 Å². The van der Waals surface area contributed by atoms with Crippen molar-refractivity contribution < 1.29 is 14.3 Å². The molecule has 1 amide bonds. The minimum absolute atomic E-state index is 0.00955. The van der Waals surface area contributed by atoms with E-state index in [2.05, 4.69) is 18.3 Å². The van der Waals surface area contributed by atoms with Crippen LogP contribution in [0.15, 0.2) is 53.0 Å². The first-order valence-corrected chi connectivity index (χ1v) is 10.4. The van der Waals surface area contributed by atoms with Crippen molar-refractivity contribution in [1.82, 2.24) is 5.32 Å². The smallest absolute Gasteiger partial charge is 0.225 e. The molecule has 140 valence electrons. The van der Waals surface area contributed by atoms with E-state index < -0.39 is 0 Å². The van der Waals surface area contributed by atoms with Crippen molar-refractivity contribution in [2.24, 2.45) is 0 Å². The molecule has 0 fully saturated rings. The van der Waals surface area contributed by atoms with Gasteiger partial charge in [0, 0.05) is 40.8 Å². The number of nitrogens with one attached hydrogen (secondary N) is 1. The van der Waals surface area contributed by atoms with Gasteiger partial charge in [-0.2, -0.15) is 0 Å². The Balaban J connectivity index is 1.62. The number of carbonyl (C=O) groups is 2. The molecule has 1 aromatic carbocycles. The standard InChI is InChI=1S/C22H23NO3S/c1-2-9-26-16-7-5-14(6-8-16)17-13-21(25)23-18-11-15(12-19(24)22(17)18)20-4-3-10-27-20/h3-8,10,15,17H,2,9,11-13H2,1H3,(H,23,25)/t15-,17+/m0/s1. The Hall–Kier alpha value is -2.40. The van der Waals surface area contributed by atoms with Crippen LogP contribution in [0.2, 0.25) is 0 Å². The normalized spacial score (nSPS) is 22.4. The zero-order valence-electron chi connectivity index (χ0n) is 15.4. The predicted molar refractivity (Wildman–Crippen MR) is 106 cm³/mol. The van der Waals surface area contributed by atoms with Gasteiger partial charge < -0.3 is 10.1 Å². The van der Waals surface area contributed by atoms with Crippen molar-refractivity contribution in [2.45, 2.75) is 44.4 Å². The highest BCUT2D eigenvalue weighted by Crippen LogP contribution is 2.43. The average Bonchev–Trinajstić information content (AvgIpc) is 3.20. The van der Waals surface area contributed by atoms with Gasteiger partial charge in [-0.25, -0.2) is 0 Å². The molecule has 2 aromatic rings. The molecule has 0 radical (unpaired) electrons. The minimum Gasteiger partial charge on any atom is -0.494 e. The molecule has 5 heteroatoms. The number of hydrogen-bond donors (Lipinski definition) is 1. The average molecular weight is 381 g/mol. The lowest BCUT2D eigenvalue weighted by molar-refractivity contribution is -0.122. The van der Waals surface area contributed by atoms with Gasteiger partial charge in [-0.15, -0.1) is 11.3 Å². The first-order chi connectivity index (χ1) is 13.2. The van der Waals surface area contributed by atoms with E-state index in [0.717, 1.165) is 35.4 Å². The summed E-state index contributed by atoms with van der Waals surface area (Å²) < 4.78 is 5.64.